The Balaban J connectivity index is 0.971. The predicted octanol–water partition coefficient (Wildman–Crippen LogP) is 5.69. The van der Waals surface area contributed by atoms with Gasteiger partial charge in [0.05, 0.1) is 18.4 Å². The number of nitrogens with zero attached hydrogens (tertiary/aromatic N) is 9. The summed E-state index contributed by atoms with van der Waals surface area (Å²) in [4.78, 5) is 53.1. The molecule has 64 heavy (non-hydrogen) atoms. The monoisotopic (exact) mass is 852 g/mol. The van der Waals surface area contributed by atoms with Crippen LogP contribution >= 0.6 is 0 Å². The maximum atomic E-state index is 13.2. The molecule has 6 heterocycles. The van der Waals surface area contributed by atoms with Crippen LogP contribution < -0.4 is 27.1 Å². The molecule has 0 aliphatic carbocycles. The second kappa shape index (κ2) is 18.2. The van der Waals surface area contributed by atoms with Gasteiger partial charge in [-0.15, -0.1) is 0 Å². The van der Waals surface area contributed by atoms with E-state index >= 15 is 0 Å². The molecule has 4 aromatic carbocycles. The van der Waals surface area contributed by atoms with Gasteiger partial charge in [-0.05, 0) is 53.6 Å². The van der Waals surface area contributed by atoms with Crippen molar-refractivity contribution in [1.29, 1.82) is 0 Å². The van der Waals surface area contributed by atoms with E-state index in [1.165, 1.54) is 5.56 Å². The van der Waals surface area contributed by atoms with Gasteiger partial charge in [0.2, 0.25) is 0 Å². The molecular formula is C48H48N14O2. The molecule has 0 bridgehead atoms. The zero-order chi connectivity index (χ0) is 43.4. The SMILES string of the molecule is CCN1CCN(C(c2ccc(Nc3nc(-c4ccccc4)nc4cn[nH]c(=O)c34)cc2)c2cccc(-c3nc(Nc4ccc(CN5CCNCC5)cc4)c4c(=O)[nH]ncc4n3)c2)CC1. The number of hydrogen-bond acceptors (Lipinski definition) is 14. The number of aromatic nitrogens is 8. The fraction of sp³-hybridized carbons (Fsp3) is 0.250. The van der Waals surface area contributed by atoms with E-state index in [2.05, 4.69) is 99.4 Å². The van der Waals surface area contributed by atoms with Crippen LogP contribution in [0.25, 0.3) is 44.6 Å². The molecule has 1 atom stereocenters. The summed E-state index contributed by atoms with van der Waals surface area (Å²) in [7, 11) is 0. The van der Waals surface area contributed by atoms with Crippen LogP contribution in [-0.4, -0.2) is 114 Å². The number of benzene rings is 4. The van der Waals surface area contributed by atoms with Crippen LogP contribution in [0, 0.1) is 0 Å². The second-order valence-electron chi connectivity index (χ2n) is 16.2. The van der Waals surface area contributed by atoms with Crippen LogP contribution in [-0.2, 0) is 6.54 Å². The minimum absolute atomic E-state index is 0.0891. The molecule has 8 aromatic rings. The van der Waals surface area contributed by atoms with Gasteiger partial charge in [0.15, 0.2) is 11.6 Å². The molecule has 0 saturated carbocycles. The summed E-state index contributed by atoms with van der Waals surface area (Å²) >= 11 is 0. The minimum Gasteiger partial charge on any atom is -0.339 e. The Morgan fingerprint density at radius 2 is 1.17 bits per heavy atom. The van der Waals surface area contributed by atoms with Gasteiger partial charge in [0, 0.05) is 81.4 Å². The molecule has 0 spiro atoms. The molecule has 16 nitrogen and oxygen atoms in total. The highest BCUT2D eigenvalue weighted by molar-refractivity contribution is 5.92. The first kappa shape index (κ1) is 40.8. The molecule has 16 heteroatoms. The van der Waals surface area contributed by atoms with E-state index in [0.717, 1.165) is 99.1 Å². The number of anilines is 4. The number of H-pyrrole nitrogens is 2. The summed E-state index contributed by atoms with van der Waals surface area (Å²) in [5.74, 6) is 1.77. The first-order chi connectivity index (χ1) is 31.5. The van der Waals surface area contributed by atoms with Crippen molar-refractivity contribution in [2.45, 2.75) is 19.5 Å². The van der Waals surface area contributed by atoms with Crippen molar-refractivity contribution in [2.75, 3.05) is 69.5 Å². The Morgan fingerprint density at radius 1 is 0.594 bits per heavy atom. The fourth-order valence-electron chi connectivity index (χ4n) is 8.68. The largest absolute Gasteiger partial charge is 0.339 e. The van der Waals surface area contributed by atoms with E-state index in [1.807, 2.05) is 66.7 Å². The van der Waals surface area contributed by atoms with Gasteiger partial charge in [-0.1, -0.05) is 79.7 Å². The molecule has 2 saturated heterocycles. The average molecular weight is 853 g/mol. The molecule has 1 unspecified atom stereocenters. The highest BCUT2D eigenvalue weighted by Crippen LogP contribution is 2.34. The molecule has 5 N–H and O–H groups in total. The molecule has 2 fully saturated rings. The lowest BCUT2D eigenvalue weighted by molar-refractivity contribution is 0.113. The zero-order valence-corrected chi connectivity index (χ0v) is 35.5. The summed E-state index contributed by atoms with van der Waals surface area (Å²) < 4.78 is 0. The third-order valence-electron chi connectivity index (χ3n) is 12.1. The number of fused-ring (bicyclic) bond motifs is 2. The number of hydrogen-bond donors (Lipinski definition) is 5. The van der Waals surface area contributed by atoms with E-state index in [9.17, 15) is 9.59 Å². The Hall–Kier alpha value is -7.24. The van der Waals surface area contributed by atoms with Crippen molar-refractivity contribution in [3.05, 3.63) is 153 Å². The molecule has 322 valence electrons. The molecular weight excluding hydrogens is 805 g/mol. The molecule has 10 rings (SSSR count). The van der Waals surface area contributed by atoms with Crippen molar-refractivity contribution < 1.29 is 0 Å². The van der Waals surface area contributed by atoms with Crippen molar-refractivity contribution in [2.24, 2.45) is 0 Å². The Labute approximate surface area is 368 Å². The normalized spacial score (nSPS) is 15.6. The highest BCUT2D eigenvalue weighted by Gasteiger charge is 2.27. The molecule has 2 aliphatic rings. The van der Waals surface area contributed by atoms with Gasteiger partial charge in [0.1, 0.15) is 33.4 Å². The minimum atomic E-state index is -0.376. The summed E-state index contributed by atoms with van der Waals surface area (Å²) in [6.45, 7) is 11.8. The number of piperazine rings is 2. The lowest BCUT2D eigenvalue weighted by atomic mass is 9.94. The summed E-state index contributed by atoms with van der Waals surface area (Å²) in [5.41, 5.74) is 6.78. The van der Waals surface area contributed by atoms with Crippen LogP contribution in [0.15, 0.2) is 125 Å². The summed E-state index contributed by atoms with van der Waals surface area (Å²) in [6.07, 6.45) is 3.11. The van der Waals surface area contributed by atoms with Gasteiger partial charge in [-0.2, -0.15) is 10.2 Å². The van der Waals surface area contributed by atoms with E-state index in [0.29, 0.717) is 45.1 Å². The van der Waals surface area contributed by atoms with Gasteiger partial charge >= 0.3 is 0 Å². The topological polar surface area (TPSA) is 189 Å². The summed E-state index contributed by atoms with van der Waals surface area (Å²) in [6, 6.07) is 34.5. The van der Waals surface area contributed by atoms with E-state index in [-0.39, 0.29) is 17.2 Å². The van der Waals surface area contributed by atoms with Gasteiger partial charge in [-0.25, -0.2) is 30.1 Å². The van der Waals surface area contributed by atoms with Crippen molar-refractivity contribution in [1.82, 2.24) is 60.3 Å². The zero-order valence-electron chi connectivity index (χ0n) is 35.5. The maximum absolute atomic E-state index is 13.2. The smallest absolute Gasteiger partial charge is 0.277 e. The molecule has 0 amide bonds. The lowest BCUT2D eigenvalue weighted by Crippen LogP contribution is -2.47. The van der Waals surface area contributed by atoms with E-state index < -0.39 is 0 Å². The van der Waals surface area contributed by atoms with E-state index in [1.54, 1.807) is 12.4 Å². The molecule has 4 aromatic heterocycles. The quantitative estimate of drug-likeness (QED) is 0.101. The van der Waals surface area contributed by atoms with Crippen LogP contribution in [0.5, 0.6) is 0 Å². The van der Waals surface area contributed by atoms with Crippen molar-refractivity contribution in [3.8, 4) is 22.8 Å². The van der Waals surface area contributed by atoms with Crippen molar-refractivity contribution in [3.63, 3.8) is 0 Å². The Bertz CT molecular complexity index is 3020. The van der Waals surface area contributed by atoms with Crippen LogP contribution in [0.1, 0.15) is 29.7 Å². The molecule has 2 aliphatic heterocycles. The standard InChI is InChI=1S/C48H48N14O2/c1-2-60-23-25-62(26-24-60)42(32-13-17-37(18-14-32)53-45-40-38(28-50-58-47(40)63)54-43(56-45)33-7-4-3-5-8-33)34-9-6-10-35(27-34)44-55-39-29-51-59-48(64)41(39)46(57-44)52-36-15-11-31(12-16-36)30-61-21-19-49-20-22-61/h3-18,27-29,42,49H,2,19-26,30H2,1H3,(H,58,63)(H,59,64)(H,52,55,57)(H,53,54,56). The third kappa shape index (κ3) is 8.71. The Morgan fingerprint density at radius 3 is 1.78 bits per heavy atom. The van der Waals surface area contributed by atoms with Crippen LogP contribution in [0.2, 0.25) is 0 Å². The van der Waals surface area contributed by atoms with Crippen LogP contribution in [0.4, 0.5) is 23.0 Å². The fourth-order valence-corrected chi connectivity index (χ4v) is 8.68. The van der Waals surface area contributed by atoms with Gasteiger partial charge in [-0.3, -0.25) is 19.4 Å². The first-order valence-corrected chi connectivity index (χ1v) is 21.7. The Kier molecular flexibility index (Phi) is 11.6. The second-order valence-corrected chi connectivity index (χ2v) is 16.2. The third-order valence-corrected chi connectivity index (χ3v) is 12.1. The van der Waals surface area contributed by atoms with Crippen LogP contribution in [0.3, 0.4) is 0 Å². The van der Waals surface area contributed by atoms with E-state index in [4.69, 9.17) is 15.0 Å². The predicted molar refractivity (Wildman–Crippen MR) is 250 cm³/mol. The first-order valence-electron chi connectivity index (χ1n) is 21.7. The number of likely N-dealkylation sites (N-methyl/N-ethyl adjacent to an activating group) is 1. The van der Waals surface area contributed by atoms with Gasteiger partial charge < -0.3 is 20.9 Å². The number of rotatable bonds is 12. The van der Waals surface area contributed by atoms with Crippen molar-refractivity contribution >= 4 is 44.8 Å². The molecule has 0 radical (unpaired) electrons. The lowest BCUT2D eigenvalue weighted by Gasteiger charge is -2.39. The van der Waals surface area contributed by atoms with Gasteiger partial charge in [0.25, 0.3) is 11.1 Å². The average Bonchev–Trinajstić information content (AvgIpc) is 3.33. The highest BCUT2D eigenvalue weighted by atomic mass is 16.1. The number of aromatic amines is 2. The summed E-state index contributed by atoms with van der Waals surface area (Å²) in [5, 5.41) is 24.1. The number of nitrogens with one attached hydrogen (secondary N) is 5. The maximum Gasteiger partial charge on any atom is 0.277 e.